The molecule has 9 atom stereocenters. The van der Waals surface area contributed by atoms with Gasteiger partial charge < -0.3 is 15.1 Å². The van der Waals surface area contributed by atoms with Gasteiger partial charge >= 0.3 is 0 Å². The molecular formula is C31H46N2O3. The zero-order valence-corrected chi connectivity index (χ0v) is 22.3. The fraction of sp³-hybridized carbons (Fsp3) is 0.774. The van der Waals surface area contributed by atoms with E-state index in [1.165, 1.54) is 25.7 Å². The van der Waals surface area contributed by atoms with Gasteiger partial charge in [0.2, 0.25) is 5.91 Å². The van der Waals surface area contributed by atoms with Crippen LogP contribution in [0.4, 0.5) is 0 Å². The molecule has 1 aromatic rings. The van der Waals surface area contributed by atoms with Gasteiger partial charge in [0.15, 0.2) is 0 Å². The van der Waals surface area contributed by atoms with Gasteiger partial charge in [-0.3, -0.25) is 9.69 Å². The number of aliphatic hydroxyl groups excluding tert-OH is 2. The van der Waals surface area contributed by atoms with Crippen LogP contribution >= 0.6 is 0 Å². The predicted octanol–water partition coefficient (Wildman–Crippen LogP) is 4.12. The van der Waals surface area contributed by atoms with E-state index in [1.54, 1.807) is 0 Å². The van der Waals surface area contributed by atoms with Gasteiger partial charge in [0, 0.05) is 32.2 Å². The van der Waals surface area contributed by atoms with Crippen LogP contribution in [-0.2, 0) is 11.2 Å². The average Bonchev–Trinajstić information content (AvgIpc) is 3.19. The molecule has 6 rings (SSSR count). The summed E-state index contributed by atoms with van der Waals surface area (Å²) in [6.45, 7) is 8.18. The topological polar surface area (TPSA) is 64.0 Å². The van der Waals surface area contributed by atoms with E-state index >= 15 is 0 Å². The highest BCUT2D eigenvalue weighted by atomic mass is 16.3. The number of rotatable bonds is 3. The Labute approximate surface area is 217 Å². The van der Waals surface area contributed by atoms with Crippen LogP contribution in [0.15, 0.2) is 30.3 Å². The molecule has 0 spiro atoms. The van der Waals surface area contributed by atoms with E-state index in [0.717, 1.165) is 69.3 Å². The van der Waals surface area contributed by atoms with Gasteiger partial charge in [-0.25, -0.2) is 0 Å². The van der Waals surface area contributed by atoms with Crippen molar-refractivity contribution in [2.75, 3.05) is 26.2 Å². The molecule has 5 fully saturated rings. The van der Waals surface area contributed by atoms with Crippen molar-refractivity contribution < 1.29 is 15.0 Å². The molecular weight excluding hydrogens is 448 g/mol. The summed E-state index contributed by atoms with van der Waals surface area (Å²) in [5, 5.41) is 22.1. The fourth-order valence-electron chi connectivity index (χ4n) is 9.81. The SMILES string of the molecule is C[C@]12C[C@H](N3CCN(C(=O)Cc4ccccc4)CC3)[C@@H](O)C[C@@H]1CC[C@@H]1[C@@H]2CC[C@]2(C)[C@@H](O)CC[C@@H]12. The van der Waals surface area contributed by atoms with E-state index in [2.05, 4.69) is 18.7 Å². The van der Waals surface area contributed by atoms with E-state index in [0.29, 0.717) is 18.3 Å². The normalized spacial score (nSPS) is 45.0. The van der Waals surface area contributed by atoms with Gasteiger partial charge in [-0.15, -0.1) is 0 Å². The molecule has 36 heavy (non-hydrogen) atoms. The van der Waals surface area contributed by atoms with Crippen LogP contribution in [0, 0.1) is 34.5 Å². The number of nitrogens with zero attached hydrogens (tertiary/aromatic N) is 2. The minimum absolute atomic E-state index is 0.115. The molecule has 5 nitrogen and oxygen atoms in total. The highest BCUT2D eigenvalue weighted by molar-refractivity contribution is 5.78. The second-order valence-electron chi connectivity index (χ2n) is 13.4. The number of amides is 1. The van der Waals surface area contributed by atoms with E-state index in [-0.39, 0.29) is 35.0 Å². The van der Waals surface area contributed by atoms with Crippen LogP contribution in [-0.4, -0.2) is 70.3 Å². The smallest absolute Gasteiger partial charge is 0.227 e. The average molecular weight is 495 g/mol. The summed E-state index contributed by atoms with van der Waals surface area (Å²) in [5.74, 6) is 2.98. The molecule has 1 heterocycles. The van der Waals surface area contributed by atoms with Crippen molar-refractivity contribution in [2.24, 2.45) is 34.5 Å². The lowest BCUT2D eigenvalue weighted by Crippen LogP contribution is -2.62. The first kappa shape index (κ1) is 24.9. The van der Waals surface area contributed by atoms with Crippen molar-refractivity contribution in [1.82, 2.24) is 9.80 Å². The zero-order chi connectivity index (χ0) is 25.1. The van der Waals surface area contributed by atoms with E-state index < -0.39 is 0 Å². The Kier molecular flexibility index (Phi) is 6.49. The molecule has 1 aliphatic heterocycles. The number of carbonyl (C=O) groups excluding carboxylic acids is 1. The number of aliphatic hydroxyl groups is 2. The first-order valence-electron chi connectivity index (χ1n) is 14.7. The van der Waals surface area contributed by atoms with Crippen LogP contribution in [0.25, 0.3) is 0 Å². The van der Waals surface area contributed by atoms with E-state index in [9.17, 15) is 15.0 Å². The van der Waals surface area contributed by atoms with Crippen LogP contribution in [0.1, 0.15) is 70.8 Å². The van der Waals surface area contributed by atoms with Crippen molar-refractivity contribution in [1.29, 1.82) is 0 Å². The summed E-state index contributed by atoms with van der Waals surface area (Å²) < 4.78 is 0. The highest BCUT2D eigenvalue weighted by Gasteiger charge is 2.61. The van der Waals surface area contributed by atoms with Gasteiger partial charge in [-0.05, 0) is 91.4 Å². The van der Waals surface area contributed by atoms with Gasteiger partial charge in [0.25, 0.3) is 0 Å². The lowest BCUT2D eigenvalue weighted by atomic mass is 9.44. The van der Waals surface area contributed by atoms with Gasteiger partial charge in [0.1, 0.15) is 0 Å². The molecule has 1 amide bonds. The Morgan fingerprint density at radius 2 is 1.64 bits per heavy atom. The first-order valence-corrected chi connectivity index (χ1v) is 14.7. The highest BCUT2D eigenvalue weighted by Crippen LogP contribution is 2.66. The van der Waals surface area contributed by atoms with Gasteiger partial charge in [-0.1, -0.05) is 44.2 Å². The van der Waals surface area contributed by atoms with Crippen LogP contribution < -0.4 is 0 Å². The Bertz CT molecular complexity index is 946. The van der Waals surface area contributed by atoms with Crippen molar-refractivity contribution in [2.45, 2.75) is 89.9 Å². The minimum atomic E-state index is -0.256. The zero-order valence-electron chi connectivity index (χ0n) is 22.3. The Hall–Kier alpha value is -1.43. The molecule has 5 heteroatoms. The van der Waals surface area contributed by atoms with Crippen molar-refractivity contribution in [3.63, 3.8) is 0 Å². The van der Waals surface area contributed by atoms with E-state index in [1.807, 2.05) is 35.2 Å². The maximum absolute atomic E-state index is 12.9. The molecule has 1 aromatic carbocycles. The second-order valence-corrected chi connectivity index (χ2v) is 13.4. The number of fused-ring (bicyclic) bond motifs is 5. The Balaban J connectivity index is 1.12. The summed E-state index contributed by atoms with van der Waals surface area (Å²) >= 11 is 0. The van der Waals surface area contributed by atoms with Crippen LogP contribution in [0.5, 0.6) is 0 Å². The summed E-state index contributed by atoms with van der Waals surface area (Å²) in [6.07, 6.45) is 9.25. The number of carbonyl (C=O) groups is 1. The lowest BCUT2D eigenvalue weighted by Gasteiger charge is -2.62. The predicted molar refractivity (Wildman–Crippen MR) is 141 cm³/mol. The van der Waals surface area contributed by atoms with Crippen molar-refractivity contribution in [3.05, 3.63) is 35.9 Å². The maximum atomic E-state index is 12.9. The first-order chi connectivity index (χ1) is 17.3. The monoisotopic (exact) mass is 494 g/mol. The second kappa shape index (κ2) is 9.39. The molecule has 0 radical (unpaired) electrons. The summed E-state index contributed by atoms with van der Waals surface area (Å²) in [7, 11) is 0. The van der Waals surface area contributed by atoms with Gasteiger partial charge in [0.05, 0.1) is 18.6 Å². The molecule has 5 aliphatic rings. The number of hydrogen-bond acceptors (Lipinski definition) is 4. The quantitative estimate of drug-likeness (QED) is 0.664. The molecule has 0 aromatic heterocycles. The summed E-state index contributed by atoms with van der Waals surface area (Å²) in [4.78, 5) is 17.4. The minimum Gasteiger partial charge on any atom is -0.393 e. The Morgan fingerprint density at radius 3 is 2.39 bits per heavy atom. The molecule has 2 N–H and O–H groups in total. The molecule has 0 bridgehead atoms. The van der Waals surface area contributed by atoms with Crippen molar-refractivity contribution >= 4 is 5.91 Å². The fourth-order valence-corrected chi connectivity index (χ4v) is 9.81. The lowest BCUT2D eigenvalue weighted by molar-refractivity contribution is -0.156. The molecule has 4 saturated carbocycles. The molecule has 0 unspecified atom stereocenters. The molecule has 198 valence electrons. The third-order valence-electron chi connectivity index (χ3n) is 12.0. The summed E-state index contributed by atoms with van der Waals surface area (Å²) in [6, 6.07) is 10.2. The Morgan fingerprint density at radius 1 is 0.917 bits per heavy atom. The maximum Gasteiger partial charge on any atom is 0.227 e. The van der Waals surface area contributed by atoms with Crippen molar-refractivity contribution in [3.8, 4) is 0 Å². The number of piperazine rings is 1. The third kappa shape index (κ3) is 4.05. The number of benzene rings is 1. The van der Waals surface area contributed by atoms with Crippen LogP contribution in [0.2, 0.25) is 0 Å². The van der Waals surface area contributed by atoms with Crippen LogP contribution in [0.3, 0.4) is 0 Å². The third-order valence-corrected chi connectivity index (χ3v) is 12.0. The summed E-state index contributed by atoms with van der Waals surface area (Å²) in [5.41, 5.74) is 1.49. The largest absolute Gasteiger partial charge is 0.393 e. The number of hydrogen-bond donors (Lipinski definition) is 2. The molecule has 4 aliphatic carbocycles. The van der Waals surface area contributed by atoms with Gasteiger partial charge in [-0.2, -0.15) is 0 Å². The van der Waals surface area contributed by atoms with E-state index in [4.69, 9.17) is 0 Å². The molecule has 1 saturated heterocycles. The standard InChI is InChI=1S/C31H46N2O3/c1-30-13-12-25-23(24(30)10-11-28(30)35)9-8-22-19-27(34)26(20-31(22,25)2)32-14-16-33(17-15-32)29(36)18-21-6-4-3-5-7-21/h3-7,22-28,34-35H,8-20H2,1-2H3/t22-,23-,24-,25-,26-,27-,28-,30-,31-/m0/s1.